The molecule has 2 rings (SSSR count). The van der Waals surface area contributed by atoms with Gasteiger partial charge in [0.2, 0.25) is 10.0 Å². The van der Waals surface area contributed by atoms with Crippen molar-refractivity contribution in [1.82, 2.24) is 4.72 Å². The van der Waals surface area contributed by atoms with Crippen molar-refractivity contribution in [2.24, 2.45) is 0 Å². The maximum atomic E-state index is 11.9. The summed E-state index contributed by atoms with van der Waals surface area (Å²) in [6.45, 7) is 2.56. The van der Waals surface area contributed by atoms with E-state index in [0.29, 0.717) is 0 Å². The zero-order valence-corrected chi connectivity index (χ0v) is 11.8. The summed E-state index contributed by atoms with van der Waals surface area (Å²) in [5.41, 5.74) is 0.859. The third kappa shape index (κ3) is 4.45. The molecule has 1 N–H and O–H groups in total. The fourth-order valence-corrected chi connectivity index (χ4v) is 3.19. The lowest BCUT2D eigenvalue weighted by Gasteiger charge is -2.18. The molecule has 1 aliphatic rings. The number of hydrogen-bond donors (Lipinski definition) is 1. The summed E-state index contributed by atoms with van der Waals surface area (Å²) in [6, 6.07) is 9.14. The Kier molecular flexibility index (Phi) is 4.74. The molecule has 1 aromatic rings. The summed E-state index contributed by atoms with van der Waals surface area (Å²) in [5.74, 6) is 0. The number of ether oxygens (including phenoxy) is 1. The van der Waals surface area contributed by atoms with E-state index in [1.165, 1.54) is 5.41 Å². The van der Waals surface area contributed by atoms with Crippen molar-refractivity contribution >= 4 is 16.1 Å². The average Bonchev–Trinajstić information content (AvgIpc) is 2.91. The van der Waals surface area contributed by atoms with Crippen LogP contribution in [0.25, 0.3) is 6.08 Å². The van der Waals surface area contributed by atoms with Crippen LogP contribution in [0.4, 0.5) is 0 Å². The molecule has 5 heteroatoms. The Labute approximate surface area is 114 Å². The molecule has 1 aliphatic heterocycles. The topological polar surface area (TPSA) is 55.4 Å². The molecule has 104 valence electrons. The Bertz CT molecular complexity index is 519. The summed E-state index contributed by atoms with van der Waals surface area (Å²) in [5, 5.41) is 1.20. The molecule has 0 aliphatic carbocycles. The van der Waals surface area contributed by atoms with E-state index >= 15 is 0 Å². The Hall–Kier alpha value is -1.17. The minimum Gasteiger partial charge on any atom is -0.377 e. The highest BCUT2D eigenvalue weighted by molar-refractivity contribution is 7.92. The second-order valence-corrected chi connectivity index (χ2v) is 6.31. The summed E-state index contributed by atoms with van der Waals surface area (Å²) in [7, 11) is -3.43. The standard InChI is InChI=1S/C14H19NO3S/c1-12(14-8-5-10-18-14)15-19(16,17)11-9-13-6-3-2-4-7-13/h2-4,6-7,9,11-12,14-15H,5,8,10H2,1H3/b11-9+. The van der Waals surface area contributed by atoms with Crippen LogP contribution in [0.3, 0.4) is 0 Å². The highest BCUT2D eigenvalue weighted by atomic mass is 32.2. The maximum absolute atomic E-state index is 11.9. The van der Waals surface area contributed by atoms with Gasteiger partial charge >= 0.3 is 0 Å². The fourth-order valence-electron chi connectivity index (χ4n) is 2.10. The van der Waals surface area contributed by atoms with Crippen molar-refractivity contribution in [3.8, 4) is 0 Å². The summed E-state index contributed by atoms with van der Waals surface area (Å²) in [4.78, 5) is 0. The molecule has 19 heavy (non-hydrogen) atoms. The number of rotatable bonds is 5. The first-order valence-electron chi connectivity index (χ1n) is 6.44. The Morgan fingerprint density at radius 2 is 2.11 bits per heavy atom. The molecule has 1 saturated heterocycles. The lowest BCUT2D eigenvalue weighted by atomic mass is 10.1. The molecule has 1 aromatic carbocycles. The zero-order chi connectivity index (χ0) is 13.7. The Morgan fingerprint density at radius 3 is 2.74 bits per heavy atom. The van der Waals surface area contributed by atoms with Gasteiger partial charge in [-0.2, -0.15) is 0 Å². The van der Waals surface area contributed by atoms with Gasteiger partial charge in [0.1, 0.15) is 0 Å². The molecule has 0 saturated carbocycles. The smallest absolute Gasteiger partial charge is 0.234 e. The second kappa shape index (κ2) is 6.32. The molecule has 0 aromatic heterocycles. The van der Waals surface area contributed by atoms with Crippen molar-refractivity contribution < 1.29 is 13.2 Å². The van der Waals surface area contributed by atoms with Crippen LogP contribution in [0, 0.1) is 0 Å². The van der Waals surface area contributed by atoms with Gasteiger partial charge in [-0.05, 0) is 31.4 Å². The first kappa shape index (κ1) is 14.2. The molecule has 0 spiro atoms. The predicted octanol–water partition coefficient (Wildman–Crippen LogP) is 2.14. The third-order valence-corrected chi connectivity index (χ3v) is 4.31. The van der Waals surface area contributed by atoms with Gasteiger partial charge in [0.05, 0.1) is 6.10 Å². The van der Waals surface area contributed by atoms with Gasteiger partial charge in [0.15, 0.2) is 0 Å². The zero-order valence-electron chi connectivity index (χ0n) is 11.0. The highest BCUT2D eigenvalue weighted by Gasteiger charge is 2.24. The molecular weight excluding hydrogens is 262 g/mol. The maximum Gasteiger partial charge on any atom is 0.234 e. The molecule has 1 heterocycles. The van der Waals surface area contributed by atoms with Crippen LogP contribution in [0.15, 0.2) is 35.7 Å². The molecule has 1 fully saturated rings. The minimum absolute atomic E-state index is 0.0140. The van der Waals surface area contributed by atoms with Crippen LogP contribution in [0.1, 0.15) is 25.3 Å². The average molecular weight is 281 g/mol. The van der Waals surface area contributed by atoms with Crippen LogP contribution >= 0.6 is 0 Å². The van der Waals surface area contributed by atoms with Crippen molar-refractivity contribution in [3.63, 3.8) is 0 Å². The van der Waals surface area contributed by atoms with Gasteiger partial charge in [-0.15, -0.1) is 0 Å². The summed E-state index contributed by atoms with van der Waals surface area (Å²) in [6.07, 6.45) is 3.48. The molecule has 0 amide bonds. The van der Waals surface area contributed by atoms with Gasteiger partial charge in [0, 0.05) is 18.1 Å². The van der Waals surface area contributed by atoms with E-state index in [-0.39, 0.29) is 12.1 Å². The van der Waals surface area contributed by atoms with Crippen molar-refractivity contribution in [3.05, 3.63) is 41.3 Å². The van der Waals surface area contributed by atoms with Gasteiger partial charge in [-0.25, -0.2) is 13.1 Å². The quantitative estimate of drug-likeness (QED) is 0.899. The van der Waals surface area contributed by atoms with Crippen molar-refractivity contribution in [2.45, 2.75) is 31.9 Å². The number of nitrogens with one attached hydrogen (secondary N) is 1. The third-order valence-electron chi connectivity index (χ3n) is 3.11. The lowest BCUT2D eigenvalue weighted by Crippen LogP contribution is -2.39. The van der Waals surface area contributed by atoms with Crippen LogP contribution in [0.5, 0.6) is 0 Å². The van der Waals surface area contributed by atoms with Crippen molar-refractivity contribution in [2.75, 3.05) is 6.61 Å². The molecule has 2 unspecified atom stereocenters. The van der Waals surface area contributed by atoms with Gasteiger partial charge < -0.3 is 4.74 Å². The molecule has 0 radical (unpaired) electrons. The van der Waals surface area contributed by atoms with Crippen LogP contribution < -0.4 is 4.72 Å². The Balaban J connectivity index is 1.96. The summed E-state index contributed by atoms with van der Waals surface area (Å²) >= 11 is 0. The minimum atomic E-state index is -3.43. The fraction of sp³-hybridized carbons (Fsp3) is 0.429. The predicted molar refractivity (Wildman–Crippen MR) is 76.0 cm³/mol. The number of benzene rings is 1. The SMILES string of the molecule is CC(NS(=O)(=O)/C=C/c1ccccc1)C1CCCO1. The Morgan fingerprint density at radius 1 is 1.37 bits per heavy atom. The van der Waals surface area contributed by atoms with Crippen LogP contribution in [0.2, 0.25) is 0 Å². The second-order valence-electron chi connectivity index (χ2n) is 4.72. The van der Waals surface area contributed by atoms with E-state index in [9.17, 15) is 8.42 Å². The largest absolute Gasteiger partial charge is 0.377 e. The number of sulfonamides is 1. The van der Waals surface area contributed by atoms with E-state index in [1.54, 1.807) is 6.08 Å². The normalized spacial score (nSPS) is 21.8. The van der Waals surface area contributed by atoms with Gasteiger partial charge in [-0.1, -0.05) is 30.3 Å². The van der Waals surface area contributed by atoms with E-state index < -0.39 is 10.0 Å². The van der Waals surface area contributed by atoms with Gasteiger partial charge in [0.25, 0.3) is 0 Å². The van der Waals surface area contributed by atoms with E-state index in [0.717, 1.165) is 25.0 Å². The highest BCUT2D eigenvalue weighted by Crippen LogP contribution is 2.16. The van der Waals surface area contributed by atoms with Crippen LogP contribution in [-0.2, 0) is 14.8 Å². The number of hydrogen-bond acceptors (Lipinski definition) is 3. The molecule has 2 atom stereocenters. The monoisotopic (exact) mass is 281 g/mol. The van der Waals surface area contributed by atoms with E-state index in [4.69, 9.17) is 4.74 Å². The van der Waals surface area contributed by atoms with E-state index in [2.05, 4.69) is 4.72 Å². The van der Waals surface area contributed by atoms with E-state index in [1.807, 2.05) is 37.3 Å². The van der Waals surface area contributed by atoms with Gasteiger partial charge in [-0.3, -0.25) is 0 Å². The van der Waals surface area contributed by atoms with Crippen molar-refractivity contribution in [1.29, 1.82) is 0 Å². The lowest BCUT2D eigenvalue weighted by molar-refractivity contribution is 0.0903. The van der Waals surface area contributed by atoms with Crippen LogP contribution in [-0.4, -0.2) is 27.2 Å². The first-order valence-corrected chi connectivity index (χ1v) is 7.98. The molecular formula is C14H19NO3S. The molecule has 4 nitrogen and oxygen atoms in total. The summed E-state index contributed by atoms with van der Waals surface area (Å²) < 4.78 is 31.9. The molecule has 0 bridgehead atoms. The first-order chi connectivity index (χ1) is 9.07.